The van der Waals surface area contributed by atoms with Crippen LogP contribution in [0.3, 0.4) is 0 Å². The Morgan fingerprint density at radius 2 is 2.17 bits per heavy atom. The molecule has 1 unspecified atom stereocenters. The first kappa shape index (κ1) is 13.5. The monoisotopic (exact) mass is 272 g/mol. The van der Waals surface area contributed by atoms with Gasteiger partial charge in [-0.1, -0.05) is 6.07 Å². The number of hydrogen-bond donors (Lipinski definition) is 2. The Labute approximate surface area is 106 Å². The molecule has 1 aliphatic rings. The summed E-state index contributed by atoms with van der Waals surface area (Å²) in [7, 11) is -3.68. The van der Waals surface area contributed by atoms with Crippen LogP contribution >= 0.6 is 0 Å². The lowest BCUT2D eigenvalue weighted by molar-refractivity contribution is 0.545. The van der Waals surface area contributed by atoms with Crippen molar-refractivity contribution in [3.05, 3.63) is 29.6 Å². The van der Waals surface area contributed by atoms with Gasteiger partial charge in [-0.2, -0.15) is 0 Å². The smallest absolute Gasteiger partial charge is 0.240 e. The van der Waals surface area contributed by atoms with E-state index in [9.17, 15) is 12.8 Å². The van der Waals surface area contributed by atoms with E-state index in [1.165, 1.54) is 25.1 Å². The maximum Gasteiger partial charge on any atom is 0.240 e. The van der Waals surface area contributed by atoms with Crippen LogP contribution in [0.15, 0.2) is 23.1 Å². The average molecular weight is 272 g/mol. The molecule has 2 rings (SSSR count). The van der Waals surface area contributed by atoms with Crippen LogP contribution in [0.4, 0.5) is 4.39 Å². The third kappa shape index (κ3) is 2.88. The molecule has 1 aliphatic carbocycles. The van der Waals surface area contributed by atoms with E-state index in [0.717, 1.165) is 12.8 Å². The minimum absolute atomic E-state index is 0.0227. The summed E-state index contributed by atoms with van der Waals surface area (Å²) in [6.45, 7) is 1.65. The SMILES string of the molecule is Cc1c(F)cccc1S(=O)(=O)NCC(N)C1CC1. The summed E-state index contributed by atoms with van der Waals surface area (Å²) >= 11 is 0. The summed E-state index contributed by atoms with van der Waals surface area (Å²) < 4.78 is 39.8. The van der Waals surface area contributed by atoms with E-state index in [1.807, 2.05) is 0 Å². The van der Waals surface area contributed by atoms with Gasteiger partial charge in [-0.3, -0.25) is 0 Å². The molecule has 0 radical (unpaired) electrons. The Balaban J connectivity index is 2.12. The predicted molar refractivity (Wildman–Crippen MR) is 67.0 cm³/mol. The molecular formula is C12H17FN2O2S. The Morgan fingerprint density at radius 3 is 2.78 bits per heavy atom. The molecule has 0 amide bonds. The zero-order valence-electron chi connectivity index (χ0n) is 10.2. The maximum absolute atomic E-state index is 13.3. The van der Waals surface area contributed by atoms with Gasteiger partial charge in [-0.15, -0.1) is 0 Å². The number of sulfonamides is 1. The highest BCUT2D eigenvalue weighted by molar-refractivity contribution is 7.89. The van der Waals surface area contributed by atoms with Crippen molar-refractivity contribution in [2.75, 3.05) is 6.54 Å². The lowest BCUT2D eigenvalue weighted by Gasteiger charge is -2.13. The molecule has 3 N–H and O–H groups in total. The van der Waals surface area contributed by atoms with E-state index in [4.69, 9.17) is 5.73 Å². The van der Waals surface area contributed by atoms with Crippen LogP contribution in [0, 0.1) is 18.7 Å². The fourth-order valence-electron chi connectivity index (χ4n) is 1.85. The lowest BCUT2D eigenvalue weighted by Crippen LogP contribution is -2.38. The minimum atomic E-state index is -3.68. The largest absolute Gasteiger partial charge is 0.326 e. The molecule has 0 bridgehead atoms. The van der Waals surface area contributed by atoms with Crippen LogP contribution in [0.25, 0.3) is 0 Å². The van der Waals surface area contributed by atoms with E-state index >= 15 is 0 Å². The van der Waals surface area contributed by atoms with Gasteiger partial charge in [0.1, 0.15) is 5.82 Å². The normalized spacial score (nSPS) is 17.7. The molecule has 1 aromatic rings. The first-order chi connectivity index (χ1) is 8.42. The number of nitrogens with one attached hydrogen (secondary N) is 1. The Morgan fingerprint density at radius 1 is 1.50 bits per heavy atom. The quantitative estimate of drug-likeness (QED) is 0.844. The topological polar surface area (TPSA) is 72.2 Å². The molecule has 18 heavy (non-hydrogen) atoms. The lowest BCUT2D eigenvalue weighted by atomic mass is 10.2. The van der Waals surface area contributed by atoms with Crippen LogP contribution in [0.5, 0.6) is 0 Å². The van der Waals surface area contributed by atoms with Crippen LogP contribution < -0.4 is 10.5 Å². The van der Waals surface area contributed by atoms with Gasteiger partial charge in [-0.05, 0) is 37.8 Å². The Kier molecular flexibility index (Phi) is 3.70. The summed E-state index contributed by atoms with van der Waals surface area (Å²) in [5.41, 5.74) is 5.96. The van der Waals surface area contributed by atoms with Gasteiger partial charge in [0, 0.05) is 18.2 Å². The molecule has 0 aromatic heterocycles. The van der Waals surface area contributed by atoms with Gasteiger partial charge in [-0.25, -0.2) is 17.5 Å². The molecule has 6 heteroatoms. The highest BCUT2D eigenvalue weighted by atomic mass is 32.2. The fraction of sp³-hybridized carbons (Fsp3) is 0.500. The second-order valence-corrected chi connectivity index (χ2v) is 6.45. The van der Waals surface area contributed by atoms with Crippen molar-refractivity contribution in [3.8, 4) is 0 Å². The number of halogens is 1. The van der Waals surface area contributed by atoms with Crippen molar-refractivity contribution < 1.29 is 12.8 Å². The first-order valence-electron chi connectivity index (χ1n) is 5.92. The minimum Gasteiger partial charge on any atom is -0.326 e. The van der Waals surface area contributed by atoms with E-state index in [1.54, 1.807) is 0 Å². The molecule has 1 atom stereocenters. The number of rotatable bonds is 5. The standard InChI is InChI=1S/C12H17FN2O2S/c1-8-10(13)3-2-4-12(8)18(16,17)15-7-11(14)9-5-6-9/h2-4,9,11,15H,5-7,14H2,1H3. The summed E-state index contributed by atoms with van der Waals surface area (Å²) in [6, 6.07) is 3.86. The maximum atomic E-state index is 13.3. The van der Waals surface area contributed by atoms with E-state index in [-0.39, 0.29) is 23.0 Å². The van der Waals surface area contributed by atoms with Crippen LogP contribution in [0.1, 0.15) is 18.4 Å². The first-order valence-corrected chi connectivity index (χ1v) is 7.40. The Hall–Kier alpha value is -0.980. The molecule has 1 saturated carbocycles. The van der Waals surface area contributed by atoms with Crippen LogP contribution in [0.2, 0.25) is 0 Å². The van der Waals surface area contributed by atoms with Crippen molar-refractivity contribution in [1.82, 2.24) is 4.72 Å². The summed E-state index contributed by atoms with van der Waals surface area (Å²) in [4.78, 5) is -0.0227. The molecular weight excluding hydrogens is 255 g/mol. The number of hydrogen-bond acceptors (Lipinski definition) is 3. The Bertz CT molecular complexity index is 541. The van der Waals surface area contributed by atoms with Crippen LogP contribution in [-0.2, 0) is 10.0 Å². The predicted octanol–water partition coefficient (Wildman–Crippen LogP) is 1.15. The van der Waals surface area contributed by atoms with Crippen LogP contribution in [-0.4, -0.2) is 21.0 Å². The summed E-state index contributed by atoms with van der Waals surface area (Å²) in [5.74, 6) is -0.106. The van der Waals surface area contributed by atoms with Gasteiger partial charge in [0.05, 0.1) is 4.90 Å². The molecule has 4 nitrogen and oxygen atoms in total. The third-order valence-electron chi connectivity index (χ3n) is 3.24. The van der Waals surface area contributed by atoms with Gasteiger partial charge < -0.3 is 5.73 Å². The average Bonchev–Trinajstić information content (AvgIpc) is 3.13. The van der Waals surface area contributed by atoms with Crippen molar-refractivity contribution >= 4 is 10.0 Å². The van der Waals surface area contributed by atoms with E-state index in [0.29, 0.717) is 5.92 Å². The molecule has 100 valence electrons. The van der Waals surface area contributed by atoms with Gasteiger partial charge >= 0.3 is 0 Å². The zero-order chi connectivity index (χ0) is 13.3. The third-order valence-corrected chi connectivity index (χ3v) is 4.81. The van der Waals surface area contributed by atoms with Gasteiger partial charge in [0.2, 0.25) is 10.0 Å². The van der Waals surface area contributed by atoms with Crippen molar-refractivity contribution in [2.24, 2.45) is 11.7 Å². The summed E-state index contributed by atoms with van der Waals surface area (Å²) in [6.07, 6.45) is 2.11. The zero-order valence-corrected chi connectivity index (χ0v) is 11.0. The number of benzene rings is 1. The van der Waals surface area contributed by atoms with E-state index in [2.05, 4.69) is 4.72 Å². The molecule has 0 saturated heterocycles. The van der Waals surface area contributed by atoms with Crippen molar-refractivity contribution in [1.29, 1.82) is 0 Å². The second-order valence-electron chi connectivity index (χ2n) is 4.72. The van der Waals surface area contributed by atoms with Gasteiger partial charge in [0.25, 0.3) is 0 Å². The van der Waals surface area contributed by atoms with Crippen molar-refractivity contribution in [2.45, 2.75) is 30.7 Å². The molecule has 1 fully saturated rings. The molecule has 0 heterocycles. The fourth-order valence-corrected chi connectivity index (χ4v) is 3.18. The molecule has 0 aliphatic heterocycles. The highest BCUT2D eigenvalue weighted by Gasteiger charge is 2.29. The van der Waals surface area contributed by atoms with Gasteiger partial charge in [0.15, 0.2) is 0 Å². The van der Waals surface area contributed by atoms with Crippen molar-refractivity contribution in [3.63, 3.8) is 0 Å². The highest BCUT2D eigenvalue weighted by Crippen LogP contribution is 2.31. The molecule has 0 spiro atoms. The summed E-state index contributed by atoms with van der Waals surface area (Å²) in [5, 5.41) is 0. The number of nitrogens with two attached hydrogens (primary N) is 1. The van der Waals surface area contributed by atoms with E-state index < -0.39 is 15.8 Å². The second kappa shape index (κ2) is 4.95. The molecule has 1 aromatic carbocycles.